The van der Waals surface area contributed by atoms with Gasteiger partial charge in [0, 0.05) is 6.42 Å². The molecule has 114 valence electrons. The fraction of sp³-hybridized carbons (Fsp3) is 0.786. The Bertz CT molecular complexity index is 349. The van der Waals surface area contributed by atoms with Crippen molar-refractivity contribution in [1.82, 2.24) is 0 Å². The minimum Gasteiger partial charge on any atom is -0.466 e. The lowest BCUT2D eigenvalue weighted by molar-refractivity contribution is -0.143. The van der Waals surface area contributed by atoms with E-state index < -0.39 is 24.4 Å². The number of aliphatic hydroxyl groups is 1. The highest BCUT2D eigenvalue weighted by Crippen LogP contribution is 2.36. The summed E-state index contributed by atoms with van der Waals surface area (Å²) in [6.45, 7) is 10.00. The minimum atomic E-state index is -0.710. The molecule has 1 unspecified atom stereocenters. The first-order chi connectivity index (χ1) is 9.18. The molecule has 6 heteroatoms. The number of hydrogen-bond donors (Lipinski definition) is 1. The molecule has 0 spiro atoms. The number of rotatable bonds is 6. The van der Waals surface area contributed by atoms with Gasteiger partial charge in [-0.25, -0.2) is 0 Å². The van der Waals surface area contributed by atoms with Crippen molar-refractivity contribution in [3.8, 4) is 0 Å². The molecule has 1 heterocycles. The Morgan fingerprint density at radius 1 is 1.30 bits per heavy atom. The number of carbonyl (C=O) groups excluding carboxylic acids is 1. The van der Waals surface area contributed by atoms with Gasteiger partial charge in [0.15, 0.2) is 0 Å². The maximum atomic E-state index is 11.2. The molecule has 0 aromatic heterocycles. The minimum absolute atomic E-state index is 0.197. The fourth-order valence-corrected chi connectivity index (χ4v) is 1.78. The van der Waals surface area contributed by atoms with E-state index in [4.69, 9.17) is 14.0 Å². The second-order valence-electron chi connectivity index (χ2n) is 5.92. The van der Waals surface area contributed by atoms with Gasteiger partial charge >= 0.3 is 13.1 Å². The van der Waals surface area contributed by atoms with Crippen molar-refractivity contribution < 1.29 is 23.9 Å². The Kier molecular flexibility index (Phi) is 5.80. The van der Waals surface area contributed by atoms with Gasteiger partial charge in [-0.2, -0.15) is 0 Å². The zero-order valence-corrected chi connectivity index (χ0v) is 13.0. The third kappa shape index (κ3) is 4.61. The van der Waals surface area contributed by atoms with Crippen molar-refractivity contribution in [2.24, 2.45) is 0 Å². The lowest BCUT2D eigenvalue weighted by atomic mass is 9.89. The summed E-state index contributed by atoms with van der Waals surface area (Å²) in [4.78, 5) is 11.2. The highest BCUT2D eigenvalue weighted by Gasteiger charge is 2.50. The third-order valence-corrected chi connectivity index (χ3v) is 3.71. The van der Waals surface area contributed by atoms with Crippen molar-refractivity contribution in [1.29, 1.82) is 0 Å². The molecule has 1 N–H and O–H groups in total. The number of aliphatic hydroxyl groups excluding tert-OH is 1. The average Bonchev–Trinajstić information content (AvgIpc) is 2.53. The Morgan fingerprint density at radius 3 is 2.35 bits per heavy atom. The molecular weight excluding hydrogens is 259 g/mol. The maximum Gasteiger partial charge on any atom is 0.486 e. The first-order valence-corrected chi connectivity index (χ1v) is 7.05. The summed E-state index contributed by atoms with van der Waals surface area (Å²) in [7, 11) is -0.475. The van der Waals surface area contributed by atoms with Crippen LogP contribution in [-0.2, 0) is 18.8 Å². The van der Waals surface area contributed by atoms with Gasteiger partial charge in [0.05, 0.1) is 23.9 Å². The van der Waals surface area contributed by atoms with Crippen molar-refractivity contribution >= 4 is 13.1 Å². The zero-order chi connectivity index (χ0) is 15.4. The number of ether oxygens (including phenoxy) is 1. The first kappa shape index (κ1) is 17.2. The highest BCUT2D eigenvalue weighted by molar-refractivity contribution is 6.51. The standard InChI is InChI=1S/C14H25BO5/c1-6-18-12(17)8-7-11(16)9-10-15-19-13(2,3)14(4,5)20-15/h9-11,16H,6-8H2,1-5H3/b10-9+. The maximum absolute atomic E-state index is 11.2. The van der Waals surface area contributed by atoms with Gasteiger partial charge in [-0.15, -0.1) is 0 Å². The lowest BCUT2D eigenvalue weighted by Crippen LogP contribution is -2.41. The predicted molar refractivity (Wildman–Crippen MR) is 77.1 cm³/mol. The smallest absolute Gasteiger partial charge is 0.466 e. The normalized spacial score (nSPS) is 22.2. The van der Waals surface area contributed by atoms with Gasteiger partial charge in [-0.05, 0) is 41.0 Å². The summed E-state index contributed by atoms with van der Waals surface area (Å²) in [6.07, 6.45) is 1.41. The fourth-order valence-electron chi connectivity index (χ4n) is 1.78. The van der Waals surface area contributed by atoms with Crippen molar-refractivity contribution in [3.63, 3.8) is 0 Å². The first-order valence-electron chi connectivity index (χ1n) is 7.05. The van der Waals surface area contributed by atoms with Crippen LogP contribution in [0.4, 0.5) is 0 Å². The average molecular weight is 284 g/mol. The molecule has 0 bridgehead atoms. The van der Waals surface area contributed by atoms with Gasteiger partial charge < -0.3 is 19.2 Å². The van der Waals surface area contributed by atoms with Crippen molar-refractivity contribution in [2.45, 2.75) is 64.8 Å². The number of esters is 1. The van der Waals surface area contributed by atoms with Crippen LogP contribution in [0.3, 0.4) is 0 Å². The van der Waals surface area contributed by atoms with Crippen LogP contribution < -0.4 is 0 Å². The number of carbonyl (C=O) groups is 1. The van der Waals surface area contributed by atoms with Crippen LogP contribution in [0.25, 0.3) is 0 Å². The molecular formula is C14H25BO5. The van der Waals surface area contributed by atoms with Crippen molar-refractivity contribution in [2.75, 3.05) is 6.61 Å². The molecule has 1 rings (SSSR count). The van der Waals surface area contributed by atoms with Crippen LogP contribution in [0.15, 0.2) is 12.1 Å². The van der Waals surface area contributed by atoms with Crippen LogP contribution in [0.5, 0.6) is 0 Å². The Labute approximate surface area is 121 Å². The molecule has 0 radical (unpaired) electrons. The second kappa shape index (κ2) is 6.74. The number of hydrogen-bond acceptors (Lipinski definition) is 5. The van der Waals surface area contributed by atoms with E-state index in [9.17, 15) is 9.90 Å². The predicted octanol–water partition coefficient (Wildman–Crippen LogP) is 1.88. The van der Waals surface area contributed by atoms with Gasteiger partial charge in [0.25, 0.3) is 0 Å². The molecule has 0 aromatic carbocycles. The molecule has 20 heavy (non-hydrogen) atoms. The van der Waals surface area contributed by atoms with E-state index in [0.29, 0.717) is 13.0 Å². The summed E-state index contributed by atoms with van der Waals surface area (Å²) in [5, 5.41) is 9.78. The molecule has 1 fully saturated rings. The zero-order valence-electron chi connectivity index (χ0n) is 13.0. The molecule has 1 atom stereocenters. The molecule has 1 saturated heterocycles. The van der Waals surface area contributed by atoms with Crippen molar-refractivity contribution in [3.05, 3.63) is 12.1 Å². The van der Waals surface area contributed by atoms with Crippen LogP contribution in [0.2, 0.25) is 0 Å². The largest absolute Gasteiger partial charge is 0.486 e. The quantitative estimate of drug-likeness (QED) is 0.596. The van der Waals surface area contributed by atoms with Crippen LogP contribution in [0, 0.1) is 0 Å². The Hall–Kier alpha value is -0.845. The molecule has 1 aliphatic rings. The van der Waals surface area contributed by atoms with Crippen LogP contribution in [0.1, 0.15) is 47.5 Å². The summed E-state index contributed by atoms with van der Waals surface area (Å²) < 4.78 is 16.3. The monoisotopic (exact) mass is 284 g/mol. The topological polar surface area (TPSA) is 65.0 Å². The van der Waals surface area contributed by atoms with E-state index in [0.717, 1.165) is 0 Å². The summed E-state index contributed by atoms with van der Waals surface area (Å²) in [5.74, 6) is 1.39. The summed E-state index contributed by atoms with van der Waals surface area (Å²) in [6, 6.07) is 0. The van der Waals surface area contributed by atoms with Gasteiger partial charge in [0.2, 0.25) is 0 Å². The third-order valence-electron chi connectivity index (χ3n) is 3.71. The lowest BCUT2D eigenvalue weighted by Gasteiger charge is -2.32. The van der Waals surface area contributed by atoms with E-state index in [-0.39, 0.29) is 12.4 Å². The van der Waals surface area contributed by atoms with Crippen LogP contribution in [-0.4, -0.2) is 42.1 Å². The van der Waals surface area contributed by atoms with Crippen LogP contribution >= 0.6 is 0 Å². The SMILES string of the molecule is CCOC(=O)CCC(O)/C=C/B1OC(C)(C)C(C)(C)O1. The van der Waals surface area contributed by atoms with E-state index in [1.807, 2.05) is 27.7 Å². The van der Waals surface area contributed by atoms with E-state index >= 15 is 0 Å². The molecule has 5 nitrogen and oxygen atoms in total. The van der Waals surface area contributed by atoms with E-state index in [2.05, 4.69) is 0 Å². The summed E-state index contributed by atoms with van der Waals surface area (Å²) >= 11 is 0. The second-order valence-corrected chi connectivity index (χ2v) is 5.92. The highest BCUT2D eigenvalue weighted by atomic mass is 16.7. The molecule has 0 aromatic rings. The Morgan fingerprint density at radius 2 is 1.85 bits per heavy atom. The van der Waals surface area contributed by atoms with E-state index in [1.165, 1.54) is 0 Å². The van der Waals surface area contributed by atoms with Gasteiger partial charge in [-0.3, -0.25) is 4.79 Å². The Balaban J connectivity index is 2.40. The summed E-state index contributed by atoms with van der Waals surface area (Å²) in [5.41, 5.74) is -0.782. The van der Waals surface area contributed by atoms with Gasteiger partial charge in [-0.1, -0.05) is 12.1 Å². The molecule has 0 aliphatic carbocycles. The molecule has 1 aliphatic heterocycles. The van der Waals surface area contributed by atoms with E-state index in [1.54, 1.807) is 19.0 Å². The van der Waals surface area contributed by atoms with Gasteiger partial charge in [0.1, 0.15) is 0 Å². The molecule has 0 amide bonds. The molecule has 0 saturated carbocycles.